The second-order valence-corrected chi connectivity index (χ2v) is 6.60. The highest BCUT2D eigenvalue weighted by molar-refractivity contribution is 7.92. The minimum Gasteiger partial charge on any atom is -0.392 e. The van der Waals surface area contributed by atoms with Gasteiger partial charge in [-0.2, -0.15) is 22.3 Å². The molecular formula is C10H8ClN5O3S2. The summed E-state index contributed by atoms with van der Waals surface area (Å²) in [5.41, 5.74) is 1.19. The Bertz CT molecular complexity index is 904. The number of aliphatic hydroxyl groups is 1. The molecule has 2 aromatic heterocycles. The SMILES string of the molecule is O=S(=O)(Nc1c(Cl)ccc2nsnc12)c1[nH]ncc1CO. The number of hydrogen-bond acceptors (Lipinski definition) is 7. The summed E-state index contributed by atoms with van der Waals surface area (Å²) in [5, 5.41) is 15.1. The number of nitrogens with zero attached hydrogens (tertiary/aromatic N) is 3. The minimum absolute atomic E-state index is 0.140. The number of rotatable bonds is 4. The van der Waals surface area contributed by atoms with Gasteiger partial charge in [-0.3, -0.25) is 9.82 Å². The van der Waals surface area contributed by atoms with Gasteiger partial charge in [0.1, 0.15) is 11.0 Å². The zero-order valence-electron chi connectivity index (χ0n) is 10.2. The number of anilines is 1. The molecule has 2 heterocycles. The van der Waals surface area contributed by atoms with Crippen molar-refractivity contribution in [2.24, 2.45) is 0 Å². The molecule has 110 valence electrons. The van der Waals surface area contributed by atoms with Gasteiger partial charge in [-0.05, 0) is 12.1 Å². The fourth-order valence-electron chi connectivity index (χ4n) is 1.75. The molecule has 3 aromatic rings. The number of hydrogen-bond donors (Lipinski definition) is 3. The van der Waals surface area contributed by atoms with Crippen LogP contribution in [0.2, 0.25) is 5.02 Å². The van der Waals surface area contributed by atoms with Gasteiger partial charge in [0, 0.05) is 5.56 Å². The summed E-state index contributed by atoms with van der Waals surface area (Å²) in [6, 6.07) is 3.18. The molecular weight excluding hydrogens is 338 g/mol. The molecule has 3 rings (SSSR count). The third kappa shape index (κ3) is 2.46. The molecule has 21 heavy (non-hydrogen) atoms. The van der Waals surface area contributed by atoms with Crippen molar-refractivity contribution in [3.05, 3.63) is 28.9 Å². The molecule has 0 bridgehead atoms. The predicted octanol–water partition coefficient (Wildman–Crippen LogP) is 1.36. The van der Waals surface area contributed by atoms with Gasteiger partial charge in [0.2, 0.25) is 0 Å². The molecule has 0 fully saturated rings. The average Bonchev–Trinajstić information content (AvgIpc) is 3.10. The van der Waals surface area contributed by atoms with E-state index in [4.69, 9.17) is 16.7 Å². The first kappa shape index (κ1) is 14.2. The van der Waals surface area contributed by atoms with Gasteiger partial charge in [-0.25, -0.2) is 0 Å². The van der Waals surface area contributed by atoms with E-state index in [-0.39, 0.29) is 21.3 Å². The minimum atomic E-state index is -3.98. The smallest absolute Gasteiger partial charge is 0.279 e. The van der Waals surface area contributed by atoms with Crippen LogP contribution in [-0.4, -0.2) is 32.5 Å². The summed E-state index contributed by atoms with van der Waals surface area (Å²) in [4.78, 5) is 0. The van der Waals surface area contributed by atoms with E-state index in [1.807, 2.05) is 0 Å². The van der Waals surface area contributed by atoms with Crippen molar-refractivity contribution in [2.75, 3.05) is 4.72 Å². The Morgan fingerprint density at radius 2 is 2.19 bits per heavy atom. The van der Waals surface area contributed by atoms with Gasteiger partial charge >= 0.3 is 0 Å². The summed E-state index contributed by atoms with van der Waals surface area (Å²) >= 11 is 6.99. The second kappa shape index (κ2) is 5.22. The Morgan fingerprint density at radius 3 is 2.95 bits per heavy atom. The quantitative estimate of drug-likeness (QED) is 0.656. The fraction of sp³-hybridized carbons (Fsp3) is 0.100. The van der Waals surface area contributed by atoms with Crippen molar-refractivity contribution in [3.63, 3.8) is 0 Å². The van der Waals surface area contributed by atoms with Gasteiger partial charge in [-0.1, -0.05) is 11.6 Å². The van der Waals surface area contributed by atoms with Crippen LogP contribution in [0.1, 0.15) is 5.56 Å². The number of aromatic amines is 1. The van der Waals surface area contributed by atoms with Crippen LogP contribution in [0.3, 0.4) is 0 Å². The maximum absolute atomic E-state index is 12.4. The summed E-state index contributed by atoms with van der Waals surface area (Å²) in [5.74, 6) is 0. The summed E-state index contributed by atoms with van der Waals surface area (Å²) < 4.78 is 35.1. The number of sulfonamides is 1. The first-order valence-corrected chi connectivity index (χ1v) is 8.19. The zero-order valence-corrected chi connectivity index (χ0v) is 12.6. The van der Waals surface area contributed by atoms with Crippen LogP contribution in [0, 0.1) is 0 Å². The number of aromatic nitrogens is 4. The number of halogens is 1. The largest absolute Gasteiger partial charge is 0.392 e. The molecule has 1 aromatic carbocycles. The Balaban J connectivity index is 2.09. The van der Waals surface area contributed by atoms with E-state index in [2.05, 4.69) is 23.7 Å². The first-order chi connectivity index (χ1) is 10.0. The maximum Gasteiger partial charge on any atom is 0.279 e. The normalized spacial score (nSPS) is 11.9. The van der Waals surface area contributed by atoms with Crippen molar-refractivity contribution in [2.45, 2.75) is 11.6 Å². The molecule has 11 heteroatoms. The first-order valence-electron chi connectivity index (χ1n) is 5.59. The zero-order chi connectivity index (χ0) is 15.0. The van der Waals surface area contributed by atoms with E-state index in [0.29, 0.717) is 11.0 Å². The van der Waals surface area contributed by atoms with Crippen LogP contribution in [0.5, 0.6) is 0 Å². The Labute approximate surface area is 128 Å². The average molecular weight is 346 g/mol. The van der Waals surface area contributed by atoms with E-state index in [1.54, 1.807) is 6.07 Å². The lowest BCUT2D eigenvalue weighted by atomic mass is 10.3. The number of fused-ring (bicyclic) bond motifs is 1. The third-order valence-electron chi connectivity index (χ3n) is 2.73. The molecule has 0 radical (unpaired) electrons. The van der Waals surface area contributed by atoms with E-state index in [9.17, 15) is 8.42 Å². The van der Waals surface area contributed by atoms with Crippen molar-refractivity contribution in [1.82, 2.24) is 18.9 Å². The number of nitrogens with one attached hydrogen (secondary N) is 2. The predicted molar refractivity (Wildman–Crippen MR) is 77.7 cm³/mol. The highest BCUT2D eigenvalue weighted by Gasteiger charge is 2.23. The summed E-state index contributed by atoms with van der Waals surface area (Å²) in [7, 11) is -3.98. The maximum atomic E-state index is 12.4. The van der Waals surface area contributed by atoms with E-state index in [1.165, 1.54) is 12.3 Å². The molecule has 0 amide bonds. The van der Waals surface area contributed by atoms with Crippen molar-refractivity contribution >= 4 is 50.1 Å². The van der Waals surface area contributed by atoms with E-state index < -0.39 is 16.6 Å². The van der Waals surface area contributed by atoms with E-state index in [0.717, 1.165) is 11.7 Å². The van der Waals surface area contributed by atoms with Crippen LogP contribution in [0.4, 0.5) is 5.69 Å². The van der Waals surface area contributed by atoms with Gasteiger partial charge in [-0.15, -0.1) is 0 Å². The van der Waals surface area contributed by atoms with E-state index >= 15 is 0 Å². The lowest BCUT2D eigenvalue weighted by molar-refractivity contribution is 0.278. The molecule has 0 saturated carbocycles. The van der Waals surface area contributed by atoms with Gasteiger partial charge in [0.05, 0.1) is 35.2 Å². The molecule has 0 atom stereocenters. The van der Waals surface area contributed by atoms with Crippen molar-refractivity contribution in [1.29, 1.82) is 0 Å². The fourth-order valence-corrected chi connectivity index (χ4v) is 3.76. The van der Waals surface area contributed by atoms with Crippen LogP contribution < -0.4 is 4.72 Å². The highest BCUT2D eigenvalue weighted by atomic mass is 35.5. The lowest BCUT2D eigenvalue weighted by Crippen LogP contribution is -2.16. The van der Waals surface area contributed by atoms with Crippen LogP contribution in [0.15, 0.2) is 23.4 Å². The van der Waals surface area contributed by atoms with Crippen molar-refractivity contribution < 1.29 is 13.5 Å². The lowest BCUT2D eigenvalue weighted by Gasteiger charge is -2.09. The molecule has 0 aliphatic rings. The summed E-state index contributed by atoms with van der Waals surface area (Å²) in [6.07, 6.45) is 1.24. The van der Waals surface area contributed by atoms with Gasteiger partial charge < -0.3 is 5.11 Å². The third-order valence-corrected chi connectivity index (χ3v) is 4.95. The Kier molecular flexibility index (Phi) is 3.53. The highest BCUT2D eigenvalue weighted by Crippen LogP contribution is 2.31. The molecule has 3 N–H and O–H groups in total. The van der Waals surface area contributed by atoms with Gasteiger partial charge in [0.25, 0.3) is 10.0 Å². The Morgan fingerprint density at radius 1 is 1.38 bits per heavy atom. The molecule has 0 spiro atoms. The molecule has 8 nitrogen and oxygen atoms in total. The second-order valence-electron chi connectivity index (χ2n) is 4.04. The molecule has 0 saturated heterocycles. The number of aliphatic hydroxyl groups excluding tert-OH is 1. The number of benzene rings is 1. The monoisotopic (exact) mass is 345 g/mol. The topological polar surface area (TPSA) is 121 Å². The molecule has 0 unspecified atom stereocenters. The van der Waals surface area contributed by atoms with Gasteiger partial charge in [0.15, 0.2) is 5.03 Å². The van der Waals surface area contributed by atoms with Crippen LogP contribution >= 0.6 is 23.3 Å². The molecule has 0 aliphatic carbocycles. The van der Waals surface area contributed by atoms with Crippen LogP contribution in [0.25, 0.3) is 11.0 Å². The Hall–Kier alpha value is -1.75. The molecule has 0 aliphatic heterocycles. The standard InChI is InChI=1S/C10H8ClN5O3S2/c11-6-1-2-7-9(15-20-14-7)8(6)16-21(18,19)10-5(4-17)3-12-13-10/h1-3,16-17H,4H2,(H,12,13). The van der Waals surface area contributed by atoms with Crippen LogP contribution in [-0.2, 0) is 16.6 Å². The van der Waals surface area contributed by atoms with Crippen molar-refractivity contribution in [3.8, 4) is 0 Å². The number of H-pyrrole nitrogens is 1. The summed E-state index contributed by atoms with van der Waals surface area (Å²) in [6.45, 7) is -0.455.